The molecule has 1 aliphatic heterocycles. The van der Waals surface area contributed by atoms with E-state index in [9.17, 15) is 0 Å². The monoisotopic (exact) mass is 168 g/mol. The standard InChI is InChI=1S/C10H20N2/c1-2-7-11-10(4-1)8-12-9-5-3-6-9/h9-12H,1-8H2/t10-/m1/s1. The Morgan fingerprint density at radius 1 is 1.08 bits per heavy atom. The normalized spacial score (nSPS) is 31.5. The second-order valence-electron chi connectivity index (χ2n) is 4.18. The zero-order valence-electron chi connectivity index (χ0n) is 7.81. The number of nitrogens with one attached hydrogen (secondary N) is 2. The van der Waals surface area contributed by atoms with E-state index in [2.05, 4.69) is 10.6 Å². The zero-order valence-corrected chi connectivity index (χ0v) is 7.81. The van der Waals surface area contributed by atoms with Crippen LogP contribution in [0.4, 0.5) is 0 Å². The molecule has 0 amide bonds. The Bertz CT molecular complexity index is 126. The molecular formula is C10H20N2. The van der Waals surface area contributed by atoms with E-state index in [4.69, 9.17) is 0 Å². The lowest BCUT2D eigenvalue weighted by Gasteiger charge is -2.30. The minimum Gasteiger partial charge on any atom is -0.313 e. The van der Waals surface area contributed by atoms with E-state index in [0.717, 1.165) is 12.1 Å². The van der Waals surface area contributed by atoms with E-state index in [1.54, 1.807) is 0 Å². The summed E-state index contributed by atoms with van der Waals surface area (Å²) in [6.45, 7) is 2.43. The summed E-state index contributed by atoms with van der Waals surface area (Å²) in [5.74, 6) is 0. The van der Waals surface area contributed by atoms with Crippen molar-refractivity contribution in [1.82, 2.24) is 10.6 Å². The molecule has 12 heavy (non-hydrogen) atoms. The van der Waals surface area contributed by atoms with Crippen molar-refractivity contribution in [2.75, 3.05) is 13.1 Å². The highest BCUT2D eigenvalue weighted by molar-refractivity contribution is 4.81. The maximum Gasteiger partial charge on any atom is 0.0192 e. The van der Waals surface area contributed by atoms with Crippen molar-refractivity contribution in [2.45, 2.75) is 50.6 Å². The number of hydrogen-bond acceptors (Lipinski definition) is 2. The Morgan fingerprint density at radius 2 is 2.00 bits per heavy atom. The maximum atomic E-state index is 3.63. The fourth-order valence-corrected chi connectivity index (χ4v) is 2.02. The lowest BCUT2D eigenvalue weighted by atomic mass is 9.92. The van der Waals surface area contributed by atoms with E-state index < -0.39 is 0 Å². The van der Waals surface area contributed by atoms with Crippen LogP contribution < -0.4 is 10.6 Å². The van der Waals surface area contributed by atoms with E-state index >= 15 is 0 Å². The highest BCUT2D eigenvalue weighted by Gasteiger charge is 2.19. The molecule has 0 aromatic carbocycles. The Balaban J connectivity index is 1.58. The molecule has 70 valence electrons. The van der Waals surface area contributed by atoms with Crippen LogP contribution in [0.5, 0.6) is 0 Å². The van der Waals surface area contributed by atoms with Crippen LogP contribution >= 0.6 is 0 Å². The van der Waals surface area contributed by atoms with Crippen LogP contribution in [0.2, 0.25) is 0 Å². The highest BCUT2D eigenvalue weighted by Crippen LogP contribution is 2.18. The van der Waals surface area contributed by atoms with Crippen LogP contribution in [-0.2, 0) is 0 Å². The van der Waals surface area contributed by atoms with Gasteiger partial charge in [-0.25, -0.2) is 0 Å². The van der Waals surface area contributed by atoms with Gasteiger partial charge < -0.3 is 10.6 Å². The molecule has 2 fully saturated rings. The van der Waals surface area contributed by atoms with Gasteiger partial charge >= 0.3 is 0 Å². The highest BCUT2D eigenvalue weighted by atomic mass is 15.0. The SMILES string of the molecule is C1CC[C@H](CNC2CCC2)NC1. The smallest absolute Gasteiger partial charge is 0.0192 e. The Hall–Kier alpha value is -0.0800. The van der Waals surface area contributed by atoms with Gasteiger partial charge in [0.15, 0.2) is 0 Å². The summed E-state index contributed by atoms with van der Waals surface area (Å²) in [4.78, 5) is 0. The van der Waals surface area contributed by atoms with Crippen molar-refractivity contribution < 1.29 is 0 Å². The van der Waals surface area contributed by atoms with E-state index in [-0.39, 0.29) is 0 Å². The number of rotatable bonds is 3. The molecule has 1 saturated heterocycles. The molecule has 0 radical (unpaired) electrons. The molecule has 2 nitrogen and oxygen atoms in total. The summed E-state index contributed by atoms with van der Waals surface area (Å²) in [6.07, 6.45) is 8.43. The second-order valence-corrected chi connectivity index (χ2v) is 4.18. The third-order valence-electron chi connectivity index (χ3n) is 3.17. The molecule has 1 heterocycles. The minimum atomic E-state index is 0.763. The third kappa shape index (κ3) is 2.20. The van der Waals surface area contributed by atoms with Crippen molar-refractivity contribution in [3.63, 3.8) is 0 Å². The first-order valence-electron chi connectivity index (χ1n) is 5.42. The van der Waals surface area contributed by atoms with E-state index in [1.165, 1.54) is 51.6 Å². The molecule has 1 atom stereocenters. The van der Waals surface area contributed by atoms with Gasteiger partial charge in [0.2, 0.25) is 0 Å². The average Bonchev–Trinajstić information content (AvgIpc) is 2.04. The lowest BCUT2D eigenvalue weighted by molar-refractivity contribution is 0.303. The van der Waals surface area contributed by atoms with Gasteiger partial charge in [0, 0.05) is 18.6 Å². The molecule has 2 heteroatoms. The van der Waals surface area contributed by atoms with Crippen LogP contribution in [0.15, 0.2) is 0 Å². The summed E-state index contributed by atoms with van der Waals surface area (Å²) >= 11 is 0. The first-order chi connectivity index (χ1) is 5.95. The molecule has 0 unspecified atom stereocenters. The fourth-order valence-electron chi connectivity index (χ4n) is 2.02. The van der Waals surface area contributed by atoms with Crippen LogP contribution in [0.25, 0.3) is 0 Å². The first kappa shape index (κ1) is 8.52. The Morgan fingerprint density at radius 3 is 2.58 bits per heavy atom. The van der Waals surface area contributed by atoms with Gasteiger partial charge in [-0.2, -0.15) is 0 Å². The van der Waals surface area contributed by atoms with Crippen molar-refractivity contribution in [1.29, 1.82) is 0 Å². The molecule has 2 aliphatic rings. The average molecular weight is 168 g/mol. The van der Waals surface area contributed by atoms with Gasteiger partial charge in [-0.1, -0.05) is 12.8 Å². The first-order valence-corrected chi connectivity index (χ1v) is 5.42. The van der Waals surface area contributed by atoms with Crippen molar-refractivity contribution >= 4 is 0 Å². The topological polar surface area (TPSA) is 24.1 Å². The van der Waals surface area contributed by atoms with Crippen molar-refractivity contribution in [3.8, 4) is 0 Å². The molecule has 2 rings (SSSR count). The molecule has 1 aliphatic carbocycles. The molecule has 0 aromatic heterocycles. The predicted octanol–water partition coefficient (Wildman–Crippen LogP) is 1.27. The second kappa shape index (κ2) is 4.24. The van der Waals surface area contributed by atoms with Crippen molar-refractivity contribution in [2.24, 2.45) is 0 Å². The number of hydrogen-bond donors (Lipinski definition) is 2. The van der Waals surface area contributed by atoms with Gasteiger partial charge in [0.05, 0.1) is 0 Å². The van der Waals surface area contributed by atoms with Gasteiger partial charge in [0.1, 0.15) is 0 Å². The van der Waals surface area contributed by atoms with Crippen LogP contribution in [0.1, 0.15) is 38.5 Å². The van der Waals surface area contributed by atoms with Crippen molar-refractivity contribution in [3.05, 3.63) is 0 Å². The Labute approximate surface area is 75.1 Å². The summed E-state index contributed by atoms with van der Waals surface area (Å²) in [5, 5.41) is 7.19. The van der Waals surface area contributed by atoms with E-state index in [0.29, 0.717) is 0 Å². The summed E-state index contributed by atoms with van der Waals surface area (Å²) < 4.78 is 0. The molecule has 2 N–H and O–H groups in total. The zero-order chi connectivity index (χ0) is 8.23. The maximum absolute atomic E-state index is 3.63. The summed E-state index contributed by atoms with van der Waals surface area (Å²) in [7, 11) is 0. The molecular weight excluding hydrogens is 148 g/mol. The van der Waals surface area contributed by atoms with Crippen LogP contribution in [-0.4, -0.2) is 25.2 Å². The minimum absolute atomic E-state index is 0.763. The predicted molar refractivity (Wildman–Crippen MR) is 51.3 cm³/mol. The molecule has 0 spiro atoms. The Kier molecular flexibility index (Phi) is 3.01. The quantitative estimate of drug-likeness (QED) is 0.663. The number of piperidine rings is 1. The third-order valence-corrected chi connectivity index (χ3v) is 3.17. The molecule has 0 bridgehead atoms. The van der Waals surface area contributed by atoms with Gasteiger partial charge in [-0.15, -0.1) is 0 Å². The fraction of sp³-hybridized carbons (Fsp3) is 1.00. The molecule has 0 aromatic rings. The van der Waals surface area contributed by atoms with Gasteiger partial charge in [-0.3, -0.25) is 0 Å². The lowest BCUT2D eigenvalue weighted by Crippen LogP contribution is -2.46. The summed E-state index contributed by atoms with van der Waals surface area (Å²) in [6, 6.07) is 1.62. The largest absolute Gasteiger partial charge is 0.313 e. The molecule has 1 saturated carbocycles. The van der Waals surface area contributed by atoms with Crippen LogP contribution in [0.3, 0.4) is 0 Å². The van der Waals surface area contributed by atoms with Crippen LogP contribution in [0, 0.1) is 0 Å². The van der Waals surface area contributed by atoms with Gasteiger partial charge in [0.25, 0.3) is 0 Å². The summed E-state index contributed by atoms with van der Waals surface area (Å²) in [5.41, 5.74) is 0. The van der Waals surface area contributed by atoms with Gasteiger partial charge in [-0.05, 0) is 32.2 Å². The van der Waals surface area contributed by atoms with E-state index in [1.807, 2.05) is 0 Å².